The van der Waals surface area contributed by atoms with Gasteiger partial charge >= 0.3 is 5.69 Å². The van der Waals surface area contributed by atoms with Crippen LogP contribution in [0.5, 0.6) is 0 Å². The average molecular weight is 280 g/mol. The van der Waals surface area contributed by atoms with Crippen LogP contribution in [0, 0.1) is 22.9 Å². The number of thiophene rings is 1. The Bertz CT molecular complexity index is 598. The van der Waals surface area contributed by atoms with E-state index < -0.39 is 16.4 Å². The summed E-state index contributed by atoms with van der Waals surface area (Å²) in [7, 11) is 0. The van der Waals surface area contributed by atoms with Crippen LogP contribution in [0.25, 0.3) is 0 Å². The van der Waals surface area contributed by atoms with Gasteiger partial charge in [0, 0.05) is 29.6 Å². The quantitative estimate of drug-likeness (QED) is 0.674. The molecule has 1 N–H and O–H groups in total. The van der Waals surface area contributed by atoms with E-state index in [0.29, 0.717) is 12.1 Å². The maximum Gasteiger partial charge on any atom is 0.305 e. The molecule has 1 heterocycles. The van der Waals surface area contributed by atoms with Crippen molar-refractivity contribution >= 4 is 17.0 Å². The summed E-state index contributed by atoms with van der Waals surface area (Å²) in [5.74, 6) is -0.761. The normalized spacial score (nSPS) is 10.6. The first-order valence-electron chi connectivity index (χ1n) is 5.75. The molecule has 0 spiro atoms. The maximum absolute atomic E-state index is 13.8. The lowest BCUT2D eigenvalue weighted by Gasteiger charge is -2.06. The van der Waals surface area contributed by atoms with Gasteiger partial charge in [0.15, 0.2) is 0 Å². The van der Waals surface area contributed by atoms with Crippen molar-refractivity contribution in [2.24, 2.45) is 0 Å². The number of benzene rings is 1. The summed E-state index contributed by atoms with van der Waals surface area (Å²) in [5.41, 5.74) is 1.02. The molecule has 1 aromatic carbocycles. The second kappa shape index (κ2) is 5.90. The van der Waals surface area contributed by atoms with E-state index in [2.05, 4.69) is 5.32 Å². The van der Waals surface area contributed by atoms with Gasteiger partial charge in [0.05, 0.1) is 4.92 Å². The highest BCUT2D eigenvalue weighted by Crippen LogP contribution is 2.20. The van der Waals surface area contributed by atoms with E-state index >= 15 is 0 Å². The number of hydrogen-bond donors (Lipinski definition) is 1. The van der Waals surface area contributed by atoms with Gasteiger partial charge in [-0.25, -0.2) is 0 Å². The zero-order valence-electron chi connectivity index (χ0n) is 10.4. The lowest BCUT2D eigenvalue weighted by Crippen LogP contribution is -2.14. The van der Waals surface area contributed by atoms with Gasteiger partial charge in [-0.3, -0.25) is 10.1 Å². The minimum absolute atomic E-state index is 0.269. The van der Waals surface area contributed by atoms with Crippen LogP contribution >= 0.6 is 11.3 Å². The largest absolute Gasteiger partial charge is 0.308 e. The SMILES string of the molecule is Cc1ccsc1CNCc1cccc([N+](=O)[O-])c1F. The topological polar surface area (TPSA) is 55.2 Å². The molecule has 4 nitrogen and oxygen atoms in total. The van der Waals surface area contributed by atoms with Gasteiger partial charge in [-0.05, 0) is 23.9 Å². The fourth-order valence-corrected chi connectivity index (χ4v) is 2.62. The average Bonchev–Trinajstić information content (AvgIpc) is 2.77. The van der Waals surface area contributed by atoms with Gasteiger partial charge in [0.25, 0.3) is 0 Å². The highest BCUT2D eigenvalue weighted by atomic mass is 32.1. The number of hydrogen-bond acceptors (Lipinski definition) is 4. The molecule has 2 aromatic rings. The number of nitrogens with one attached hydrogen (secondary N) is 1. The summed E-state index contributed by atoms with van der Waals surface area (Å²) >= 11 is 1.63. The van der Waals surface area contributed by atoms with Crippen LogP contribution in [0.2, 0.25) is 0 Å². The second-order valence-electron chi connectivity index (χ2n) is 4.14. The third kappa shape index (κ3) is 3.15. The first-order valence-corrected chi connectivity index (χ1v) is 6.63. The van der Waals surface area contributed by atoms with Gasteiger partial charge in [-0.1, -0.05) is 12.1 Å². The molecule has 0 aliphatic heterocycles. The third-order valence-corrected chi connectivity index (χ3v) is 3.85. The molecule has 0 saturated heterocycles. The molecule has 6 heteroatoms. The molecular weight excluding hydrogens is 267 g/mol. The van der Waals surface area contributed by atoms with Gasteiger partial charge in [-0.15, -0.1) is 11.3 Å². The lowest BCUT2D eigenvalue weighted by molar-refractivity contribution is -0.387. The highest BCUT2D eigenvalue weighted by Gasteiger charge is 2.16. The van der Waals surface area contributed by atoms with E-state index in [9.17, 15) is 14.5 Å². The molecule has 0 radical (unpaired) electrons. The molecule has 0 fully saturated rings. The van der Waals surface area contributed by atoms with Crippen molar-refractivity contribution in [2.75, 3.05) is 0 Å². The summed E-state index contributed by atoms with van der Waals surface area (Å²) in [4.78, 5) is 11.1. The van der Waals surface area contributed by atoms with Crippen LogP contribution in [0.15, 0.2) is 29.6 Å². The van der Waals surface area contributed by atoms with E-state index in [1.54, 1.807) is 17.4 Å². The molecule has 1 aromatic heterocycles. The van der Waals surface area contributed by atoms with Gasteiger partial charge in [0.1, 0.15) is 0 Å². The van der Waals surface area contributed by atoms with Gasteiger partial charge < -0.3 is 5.32 Å². The Balaban J connectivity index is 2.02. The van der Waals surface area contributed by atoms with Crippen molar-refractivity contribution in [1.82, 2.24) is 5.32 Å². The molecule has 19 heavy (non-hydrogen) atoms. The fraction of sp³-hybridized carbons (Fsp3) is 0.231. The monoisotopic (exact) mass is 280 g/mol. The van der Waals surface area contributed by atoms with Crippen LogP contribution < -0.4 is 5.32 Å². The molecule has 0 amide bonds. The Hall–Kier alpha value is -1.79. The molecule has 0 aliphatic carbocycles. The predicted molar refractivity (Wildman–Crippen MR) is 72.7 cm³/mol. The van der Waals surface area contributed by atoms with Crippen molar-refractivity contribution < 1.29 is 9.31 Å². The maximum atomic E-state index is 13.8. The zero-order valence-corrected chi connectivity index (χ0v) is 11.2. The van der Waals surface area contributed by atoms with Crippen molar-refractivity contribution in [2.45, 2.75) is 20.0 Å². The minimum Gasteiger partial charge on any atom is -0.308 e. The van der Waals surface area contributed by atoms with Crippen LogP contribution in [0.3, 0.4) is 0 Å². The number of nitro benzene ring substituents is 1. The third-order valence-electron chi connectivity index (χ3n) is 2.82. The summed E-state index contributed by atoms with van der Waals surface area (Å²) in [5, 5.41) is 15.7. The number of rotatable bonds is 5. The van der Waals surface area contributed by atoms with Gasteiger partial charge in [-0.2, -0.15) is 4.39 Å². The van der Waals surface area contributed by atoms with Crippen molar-refractivity contribution in [1.29, 1.82) is 0 Å². The van der Waals surface area contributed by atoms with E-state index in [1.165, 1.54) is 22.6 Å². The molecule has 0 unspecified atom stereocenters. The summed E-state index contributed by atoms with van der Waals surface area (Å²) in [6.07, 6.45) is 0. The smallest absolute Gasteiger partial charge is 0.305 e. The molecular formula is C13H13FN2O2S. The molecule has 0 saturated carbocycles. The summed E-state index contributed by atoms with van der Waals surface area (Å²) < 4.78 is 13.8. The molecule has 100 valence electrons. The Labute approximate surface area is 114 Å². The Kier molecular flexibility index (Phi) is 4.24. The van der Waals surface area contributed by atoms with Crippen molar-refractivity contribution in [3.8, 4) is 0 Å². The Morgan fingerprint density at radius 1 is 1.37 bits per heavy atom. The van der Waals surface area contributed by atoms with Crippen LogP contribution in [0.4, 0.5) is 10.1 Å². The Morgan fingerprint density at radius 2 is 2.16 bits per heavy atom. The standard InChI is InChI=1S/C13H13FN2O2S/c1-9-5-6-19-12(9)8-15-7-10-3-2-4-11(13(10)14)16(17)18/h2-6,15H,7-8H2,1H3. The number of nitro groups is 1. The van der Waals surface area contributed by atoms with E-state index in [1.807, 2.05) is 18.4 Å². The fourth-order valence-electron chi connectivity index (χ4n) is 1.74. The summed E-state index contributed by atoms with van der Waals surface area (Å²) in [6, 6.07) is 6.24. The minimum atomic E-state index is -0.761. The molecule has 0 bridgehead atoms. The van der Waals surface area contributed by atoms with Gasteiger partial charge in [0.2, 0.25) is 5.82 Å². The molecule has 0 aliphatic rings. The highest BCUT2D eigenvalue weighted by molar-refractivity contribution is 7.10. The van der Waals surface area contributed by atoms with E-state index in [-0.39, 0.29) is 6.54 Å². The number of aryl methyl sites for hydroxylation is 1. The van der Waals surface area contributed by atoms with Crippen LogP contribution in [0.1, 0.15) is 16.0 Å². The molecule has 0 atom stereocenters. The molecule has 2 rings (SSSR count). The van der Waals surface area contributed by atoms with Crippen LogP contribution in [-0.2, 0) is 13.1 Å². The lowest BCUT2D eigenvalue weighted by atomic mass is 10.2. The van der Waals surface area contributed by atoms with E-state index in [0.717, 1.165) is 0 Å². The Morgan fingerprint density at radius 3 is 2.79 bits per heavy atom. The zero-order chi connectivity index (χ0) is 13.8. The van der Waals surface area contributed by atoms with Crippen LogP contribution in [-0.4, -0.2) is 4.92 Å². The first kappa shape index (κ1) is 13.6. The first-order chi connectivity index (χ1) is 9.09. The van der Waals surface area contributed by atoms with E-state index in [4.69, 9.17) is 0 Å². The number of halogens is 1. The predicted octanol–water partition coefficient (Wildman–Crippen LogP) is 3.39. The van der Waals surface area contributed by atoms with Crippen molar-refractivity contribution in [3.05, 3.63) is 61.6 Å². The number of nitrogens with zero attached hydrogens (tertiary/aromatic N) is 1. The second-order valence-corrected chi connectivity index (χ2v) is 5.14. The van der Waals surface area contributed by atoms with Crippen molar-refractivity contribution in [3.63, 3.8) is 0 Å². The summed E-state index contributed by atoms with van der Waals surface area (Å²) in [6.45, 7) is 2.91.